The van der Waals surface area contributed by atoms with E-state index in [4.69, 9.17) is 0 Å². The molecule has 14 rings (SSSR count). The van der Waals surface area contributed by atoms with E-state index in [1.165, 1.54) is 112 Å². The monoisotopic (exact) mass is 1050 g/mol. The lowest BCUT2D eigenvalue weighted by Gasteiger charge is -2.19. The second-order valence-electron chi connectivity index (χ2n) is 18.5. The molecular formula is C62H34F6O6S2. The van der Waals surface area contributed by atoms with Gasteiger partial charge in [-0.15, -0.1) is 0 Å². The molecule has 0 amide bonds. The summed E-state index contributed by atoms with van der Waals surface area (Å²) in [4.78, 5) is 0. The Hall–Kier alpha value is -8.72. The normalized spacial score (nSPS) is 12.8. The van der Waals surface area contributed by atoms with Crippen molar-refractivity contribution in [1.82, 2.24) is 0 Å². The number of alkyl halides is 6. The third-order valence-electron chi connectivity index (χ3n) is 14.3. The van der Waals surface area contributed by atoms with Crippen LogP contribution in [-0.2, 0) is 20.2 Å². The molecule has 0 atom stereocenters. The summed E-state index contributed by atoms with van der Waals surface area (Å²) in [6.07, 6.45) is 0. The number of para-hydroxylation sites is 2. The largest absolute Gasteiger partial charge is 0.534 e. The zero-order valence-electron chi connectivity index (χ0n) is 39.2. The second kappa shape index (κ2) is 16.9. The lowest BCUT2D eigenvalue weighted by Crippen LogP contribution is -2.28. The van der Waals surface area contributed by atoms with Gasteiger partial charge in [-0.25, -0.2) is 0 Å². The standard InChI is InChI=1S/C32H18F6O6S2.C30H16/c33-31(34,35)45(39,40)43-29-15-7-5-13-23(29)25-17-28-22-12-4-2-10-20(22)26(18-27(28)21-11-3-1-9-19(21)25)24-14-6-8-16-30(24)44-46(41,42)32(36,37)38;1-3-9-19-17(7-1)21-11-5-13-23-26-16-28-20-10-4-2-8-18(20)22-12-6-14-24(30(22)28)25(26)15-27(19)29(21)23/h1-18H;1-16H. The molecule has 0 heterocycles. The van der Waals surface area contributed by atoms with Crippen LogP contribution >= 0.6 is 0 Å². The minimum atomic E-state index is -6.00. The summed E-state index contributed by atoms with van der Waals surface area (Å²) in [7, 11) is -12.0. The van der Waals surface area contributed by atoms with Gasteiger partial charge >= 0.3 is 31.3 Å². The van der Waals surface area contributed by atoms with Crippen LogP contribution in [0.3, 0.4) is 0 Å². The van der Waals surface area contributed by atoms with Crippen LogP contribution in [0.25, 0.3) is 130 Å². The van der Waals surface area contributed by atoms with E-state index in [0.717, 1.165) is 12.1 Å². The lowest BCUT2D eigenvalue weighted by molar-refractivity contribution is -0.0504. The molecule has 0 spiro atoms. The van der Waals surface area contributed by atoms with Gasteiger partial charge in [0.1, 0.15) is 0 Å². The van der Waals surface area contributed by atoms with Crippen molar-refractivity contribution in [2.24, 2.45) is 0 Å². The van der Waals surface area contributed by atoms with Crippen molar-refractivity contribution in [2.75, 3.05) is 0 Å². The molecule has 0 radical (unpaired) electrons. The van der Waals surface area contributed by atoms with Crippen molar-refractivity contribution in [3.8, 4) is 33.8 Å². The number of halogens is 6. The van der Waals surface area contributed by atoms with E-state index in [1.54, 1.807) is 60.7 Å². The molecule has 0 saturated heterocycles. The predicted molar refractivity (Wildman–Crippen MR) is 292 cm³/mol. The Morgan fingerprint density at radius 1 is 0.250 bits per heavy atom. The molecule has 14 heteroatoms. The number of benzene rings is 12. The fourth-order valence-corrected chi connectivity index (χ4v) is 12.2. The summed E-state index contributed by atoms with van der Waals surface area (Å²) in [6.45, 7) is 0. The summed E-state index contributed by atoms with van der Waals surface area (Å²) < 4.78 is 136. The van der Waals surface area contributed by atoms with Crippen LogP contribution in [0, 0.1) is 0 Å². The van der Waals surface area contributed by atoms with E-state index < -0.39 is 42.8 Å². The zero-order chi connectivity index (χ0) is 52.5. The van der Waals surface area contributed by atoms with Crippen LogP contribution in [0.4, 0.5) is 26.3 Å². The lowest BCUT2D eigenvalue weighted by atomic mass is 9.87. The fourth-order valence-electron chi connectivity index (χ4n) is 11.2. The molecule has 14 aromatic carbocycles. The molecular weight excluding hydrogens is 1020 g/mol. The third-order valence-corrected chi connectivity index (χ3v) is 16.3. The maximum absolute atomic E-state index is 13.2. The maximum atomic E-state index is 13.2. The Balaban J connectivity index is 0.000000157. The highest BCUT2D eigenvalue weighted by atomic mass is 32.2. The quantitative estimate of drug-likeness (QED) is 0.0714. The van der Waals surface area contributed by atoms with Gasteiger partial charge in [0.15, 0.2) is 11.5 Å². The maximum Gasteiger partial charge on any atom is 0.534 e. The van der Waals surface area contributed by atoms with Crippen molar-refractivity contribution >= 4 is 128 Å². The summed E-state index contributed by atoms with van der Waals surface area (Å²) in [5.41, 5.74) is -10.5. The average molecular weight is 1050 g/mol. The van der Waals surface area contributed by atoms with E-state index in [0.29, 0.717) is 43.4 Å². The van der Waals surface area contributed by atoms with Crippen LogP contribution in [0.2, 0.25) is 0 Å². The van der Waals surface area contributed by atoms with Gasteiger partial charge < -0.3 is 8.37 Å². The average Bonchev–Trinajstić information content (AvgIpc) is 3.94. The van der Waals surface area contributed by atoms with Crippen LogP contribution in [0.15, 0.2) is 206 Å². The van der Waals surface area contributed by atoms with Crippen LogP contribution < -0.4 is 8.37 Å². The second-order valence-corrected chi connectivity index (χ2v) is 21.6. The van der Waals surface area contributed by atoms with E-state index in [9.17, 15) is 43.2 Å². The van der Waals surface area contributed by atoms with Crippen molar-refractivity contribution < 1.29 is 51.5 Å². The van der Waals surface area contributed by atoms with Crippen LogP contribution in [0.1, 0.15) is 0 Å². The SMILES string of the molecule is O=S(=O)(Oc1ccccc1-c1cc2c3ccccc3c(-c3ccccc3OS(=O)(=O)C(F)(F)F)cc2c2ccccc12)C(F)(F)F.c1ccc2c(c1)c1cccc3c4cc5c6ccccc6c6cccc(c4cc2c13)c65. The zero-order valence-corrected chi connectivity index (χ0v) is 40.8. The van der Waals surface area contributed by atoms with E-state index >= 15 is 0 Å². The van der Waals surface area contributed by atoms with Gasteiger partial charge in [-0.1, -0.05) is 170 Å². The smallest absolute Gasteiger partial charge is 0.375 e. The molecule has 6 nitrogen and oxygen atoms in total. The number of hydrogen-bond acceptors (Lipinski definition) is 6. The van der Waals surface area contributed by atoms with Crippen LogP contribution in [-0.4, -0.2) is 27.9 Å². The summed E-state index contributed by atoms with van der Waals surface area (Å²) in [5.74, 6) is -1.11. The first-order valence-corrected chi connectivity index (χ1v) is 26.5. The third kappa shape index (κ3) is 7.22. The van der Waals surface area contributed by atoms with Gasteiger partial charge in [0, 0.05) is 11.1 Å². The Labute approximate surface area is 428 Å². The molecule has 0 aliphatic rings. The van der Waals surface area contributed by atoms with Gasteiger partial charge in [-0.05, 0) is 155 Å². The molecule has 372 valence electrons. The molecule has 0 saturated carbocycles. The van der Waals surface area contributed by atoms with Gasteiger partial charge in [0.25, 0.3) is 0 Å². The Kier molecular flexibility index (Phi) is 10.5. The number of rotatable bonds is 6. The van der Waals surface area contributed by atoms with Gasteiger partial charge in [-0.3, -0.25) is 0 Å². The van der Waals surface area contributed by atoms with E-state index in [-0.39, 0.29) is 11.1 Å². The molecule has 0 bridgehead atoms. The predicted octanol–water partition coefficient (Wildman–Crippen LogP) is 17.6. The molecule has 0 fully saturated rings. The van der Waals surface area contributed by atoms with Gasteiger partial charge in [-0.2, -0.15) is 43.2 Å². The van der Waals surface area contributed by atoms with Crippen LogP contribution in [0.5, 0.6) is 11.5 Å². The van der Waals surface area contributed by atoms with E-state index in [1.807, 2.05) is 0 Å². The number of hydrogen-bond donors (Lipinski definition) is 0. The van der Waals surface area contributed by atoms with E-state index in [2.05, 4.69) is 105 Å². The molecule has 0 aliphatic carbocycles. The van der Waals surface area contributed by atoms with Crippen molar-refractivity contribution in [1.29, 1.82) is 0 Å². The number of fused-ring (bicyclic) bond motifs is 14. The van der Waals surface area contributed by atoms with Crippen molar-refractivity contribution in [3.63, 3.8) is 0 Å². The first-order chi connectivity index (χ1) is 36.5. The minimum absolute atomic E-state index is 0.0534. The first-order valence-electron chi connectivity index (χ1n) is 23.7. The molecule has 0 N–H and O–H groups in total. The van der Waals surface area contributed by atoms with Gasteiger partial charge in [0.05, 0.1) is 0 Å². The highest BCUT2D eigenvalue weighted by Gasteiger charge is 2.49. The van der Waals surface area contributed by atoms with Gasteiger partial charge in [0.2, 0.25) is 0 Å². The summed E-state index contributed by atoms with van der Waals surface area (Å²) in [6, 6.07) is 63.7. The van der Waals surface area contributed by atoms with Crippen molar-refractivity contribution in [2.45, 2.75) is 11.0 Å². The first kappa shape index (κ1) is 47.0. The highest BCUT2D eigenvalue weighted by molar-refractivity contribution is 7.88. The summed E-state index contributed by atoms with van der Waals surface area (Å²) >= 11 is 0. The molecule has 0 aromatic heterocycles. The Morgan fingerprint density at radius 2 is 0.500 bits per heavy atom. The molecule has 14 aromatic rings. The Morgan fingerprint density at radius 3 is 0.842 bits per heavy atom. The molecule has 0 unspecified atom stereocenters. The topological polar surface area (TPSA) is 86.7 Å². The molecule has 76 heavy (non-hydrogen) atoms. The highest BCUT2D eigenvalue weighted by Crippen LogP contribution is 2.49. The minimum Gasteiger partial charge on any atom is -0.375 e. The Bertz CT molecular complexity index is 4650. The summed E-state index contributed by atoms with van der Waals surface area (Å²) in [5, 5.41) is 22.4. The van der Waals surface area contributed by atoms with Crippen molar-refractivity contribution in [3.05, 3.63) is 206 Å². The fraction of sp³-hybridized carbons (Fsp3) is 0.0323. The molecule has 0 aliphatic heterocycles.